The number of anilines is 2. The van der Waals surface area contributed by atoms with E-state index in [9.17, 15) is 0 Å². The van der Waals surface area contributed by atoms with E-state index in [1.807, 2.05) is 0 Å². The molecule has 0 saturated carbocycles. The molecule has 3 nitrogen and oxygen atoms in total. The Bertz CT molecular complexity index is 416. The van der Waals surface area contributed by atoms with Crippen LogP contribution in [-0.4, -0.2) is 32.2 Å². The van der Waals surface area contributed by atoms with Crippen LogP contribution < -0.4 is 15.5 Å². The number of benzene rings is 1. The molecule has 1 aliphatic heterocycles. The number of hydrogen-bond acceptors (Lipinski definition) is 3. The monoisotopic (exact) mass is 247 g/mol. The van der Waals surface area contributed by atoms with E-state index < -0.39 is 0 Å². The third kappa shape index (κ3) is 1.97. The molecule has 1 unspecified atom stereocenters. The number of nitrogens with two attached hydrogens (primary N) is 1. The average Bonchev–Trinajstić information content (AvgIpc) is 2.38. The van der Waals surface area contributed by atoms with E-state index in [1.165, 1.54) is 11.4 Å². The van der Waals surface area contributed by atoms with Crippen molar-refractivity contribution in [2.45, 2.75) is 26.3 Å². The normalized spacial score (nSPS) is 18.8. The summed E-state index contributed by atoms with van der Waals surface area (Å²) >= 11 is 0. The van der Waals surface area contributed by atoms with Crippen LogP contribution in [0.3, 0.4) is 0 Å². The summed E-state index contributed by atoms with van der Waals surface area (Å²) in [6.45, 7) is 9.57. The standard InChI is InChI=1S/C15H25N3/c1-12(2)15(3,11-16)18-10-9-17(4)13-7-5-6-8-14(13)18/h5-8,12H,9-11,16H2,1-4H3. The molecule has 18 heavy (non-hydrogen) atoms. The Balaban J connectivity index is 2.45. The lowest BCUT2D eigenvalue weighted by Crippen LogP contribution is -2.59. The molecular weight excluding hydrogens is 222 g/mol. The zero-order valence-corrected chi connectivity index (χ0v) is 12.0. The zero-order valence-electron chi connectivity index (χ0n) is 12.0. The minimum absolute atomic E-state index is 0.0252. The number of hydrogen-bond donors (Lipinski definition) is 1. The van der Waals surface area contributed by atoms with E-state index in [2.05, 4.69) is 61.9 Å². The molecule has 2 rings (SSSR count). The second-order valence-electron chi connectivity index (χ2n) is 5.78. The molecule has 1 aliphatic rings. The molecule has 0 aliphatic carbocycles. The van der Waals surface area contributed by atoms with Crippen molar-refractivity contribution < 1.29 is 0 Å². The van der Waals surface area contributed by atoms with Gasteiger partial charge in [0.1, 0.15) is 0 Å². The zero-order chi connectivity index (χ0) is 13.3. The highest BCUT2D eigenvalue weighted by atomic mass is 15.3. The van der Waals surface area contributed by atoms with E-state index in [0.717, 1.165) is 13.1 Å². The van der Waals surface area contributed by atoms with Crippen LogP contribution in [0, 0.1) is 5.92 Å². The maximum absolute atomic E-state index is 6.08. The number of likely N-dealkylation sites (N-methyl/N-ethyl adjacent to an activating group) is 1. The lowest BCUT2D eigenvalue weighted by molar-refractivity contribution is 0.317. The molecule has 0 bridgehead atoms. The average molecular weight is 247 g/mol. The summed E-state index contributed by atoms with van der Waals surface area (Å²) in [5.74, 6) is 0.527. The fourth-order valence-electron chi connectivity index (χ4n) is 2.69. The Morgan fingerprint density at radius 2 is 1.83 bits per heavy atom. The van der Waals surface area contributed by atoms with Gasteiger partial charge in [-0.25, -0.2) is 0 Å². The predicted molar refractivity (Wildman–Crippen MR) is 79.4 cm³/mol. The van der Waals surface area contributed by atoms with Crippen molar-refractivity contribution in [3.63, 3.8) is 0 Å². The minimum Gasteiger partial charge on any atom is -0.371 e. The quantitative estimate of drug-likeness (QED) is 0.889. The van der Waals surface area contributed by atoms with Gasteiger partial charge in [-0.05, 0) is 25.0 Å². The summed E-state index contributed by atoms with van der Waals surface area (Å²) in [7, 11) is 2.16. The van der Waals surface area contributed by atoms with Crippen molar-refractivity contribution in [1.82, 2.24) is 0 Å². The van der Waals surface area contributed by atoms with Gasteiger partial charge in [-0.2, -0.15) is 0 Å². The van der Waals surface area contributed by atoms with E-state index in [4.69, 9.17) is 5.73 Å². The highest BCUT2D eigenvalue weighted by molar-refractivity contribution is 5.74. The van der Waals surface area contributed by atoms with Gasteiger partial charge in [0.15, 0.2) is 0 Å². The maximum Gasteiger partial charge on any atom is 0.0609 e. The third-order valence-electron chi connectivity index (χ3n) is 4.52. The molecular formula is C15H25N3. The van der Waals surface area contributed by atoms with Gasteiger partial charge >= 0.3 is 0 Å². The first-order valence-corrected chi connectivity index (χ1v) is 6.78. The molecule has 0 radical (unpaired) electrons. The SMILES string of the molecule is CC(C)C(C)(CN)N1CCN(C)c2ccccc21. The van der Waals surface area contributed by atoms with Crippen molar-refractivity contribution >= 4 is 11.4 Å². The predicted octanol–water partition coefficient (Wildman–Crippen LogP) is 2.32. The molecule has 100 valence electrons. The summed E-state index contributed by atoms with van der Waals surface area (Å²) in [5.41, 5.74) is 8.72. The number of nitrogens with zero attached hydrogens (tertiary/aromatic N) is 2. The van der Waals surface area contributed by atoms with E-state index >= 15 is 0 Å². The van der Waals surface area contributed by atoms with Crippen LogP contribution in [0.15, 0.2) is 24.3 Å². The second kappa shape index (κ2) is 4.81. The lowest BCUT2D eigenvalue weighted by Gasteiger charge is -2.49. The van der Waals surface area contributed by atoms with Gasteiger partial charge in [-0.15, -0.1) is 0 Å². The second-order valence-corrected chi connectivity index (χ2v) is 5.78. The van der Waals surface area contributed by atoms with Gasteiger partial charge in [0.25, 0.3) is 0 Å². The Morgan fingerprint density at radius 1 is 1.22 bits per heavy atom. The number of para-hydroxylation sites is 2. The fourth-order valence-corrected chi connectivity index (χ4v) is 2.69. The molecule has 0 amide bonds. The van der Waals surface area contributed by atoms with E-state index in [0.29, 0.717) is 12.5 Å². The Labute approximate surface area is 111 Å². The number of rotatable bonds is 3. The van der Waals surface area contributed by atoms with Gasteiger partial charge in [0.05, 0.1) is 16.9 Å². The molecule has 1 atom stereocenters. The molecule has 3 heteroatoms. The van der Waals surface area contributed by atoms with Crippen molar-refractivity contribution in [3.05, 3.63) is 24.3 Å². The molecule has 2 N–H and O–H groups in total. The third-order valence-corrected chi connectivity index (χ3v) is 4.52. The smallest absolute Gasteiger partial charge is 0.0609 e. The van der Waals surface area contributed by atoms with Crippen LogP contribution in [0.1, 0.15) is 20.8 Å². The lowest BCUT2D eigenvalue weighted by atomic mass is 9.85. The first-order chi connectivity index (χ1) is 8.50. The van der Waals surface area contributed by atoms with Crippen molar-refractivity contribution in [2.75, 3.05) is 36.5 Å². The molecule has 0 aromatic heterocycles. The van der Waals surface area contributed by atoms with Crippen molar-refractivity contribution in [1.29, 1.82) is 0 Å². The Morgan fingerprint density at radius 3 is 2.39 bits per heavy atom. The molecule has 0 spiro atoms. The Kier molecular flexibility index (Phi) is 3.53. The van der Waals surface area contributed by atoms with E-state index in [-0.39, 0.29) is 5.54 Å². The van der Waals surface area contributed by atoms with Gasteiger partial charge in [0, 0.05) is 26.7 Å². The molecule has 1 aromatic carbocycles. The van der Waals surface area contributed by atoms with Crippen LogP contribution in [0.5, 0.6) is 0 Å². The highest BCUT2D eigenvalue weighted by Crippen LogP contribution is 2.38. The largest absolute Gasteiger partial charge is 0.371 e. The van der Waals surface area contributed by atoms with Crippen LogP contribution in [-0.2, 0) is 0 Å². The highest BCUT2D eigenvalue weighted by Gasteiger charge is 2.37. The summed E-state index contributed by atoms with van der Waals surface area (Å²) in [5, 5.41) is 0. The molecule has 0 fully saturated rings. The first kappa shape index (κ1) is 13.2. The van der Waals surface area contributed by atoms with Gasteiger partial charge in [0.2, 0.25) is 0 Å². The summed E-state index contributed by atoms with van der Waals surface area (Å²) in [4.78, 5) is 4.82. The maximum atomic E-state index is 6.08. The molecule has 0 saturated heterocycles. The molecule has 1 aromatic rings. The van der Waals surface area contributed by atoms with Gasteiger partial charge < -0.3 is 15.5 Å². The minimum atomic E-state index is 0.0252. The van der Waals surface area contributed by atoms with Gasteiger partial charge in [-0.1, -0.05) is 26.0 Å². The van der Waals surface area contributed by atoms with Crippen LogP contribution >= 0.6 is 0 Å². The summed E-state index contributed by atoms with van der Waals surface area (Å²) in [6, 6.07) is 8.62. The molecule has 1 heterocycles. The first-order valence-electron chi connectivity index (χ1n) is 6.78. The Hall–Kier alpha value is -1.22. The fraction of sp³-hybridized carbons (Fsp3) is 0.600. The van der Waals surface area contributed by atoms with Crippen LogP contribution in [0.4, 0.5) is 11.4 Å². The summed E-state index contributed by atoms with van der Waals surface area (Å²) < 4.78 is 0. The topological polar surface area (TPSA) is 32.5 Å². The number of fused-ring (bicyclic) bond motifs is 1. The van der Waals surface area contributed by atoms with Crippen LogP contribution in [0.2, 0.25) is 0 Å². The van der Waals surface area contributed by atoms with Crippen LogP contribution in [0.25, 0.3) is 0 Å². The van der Waals surface area contributed by atoms with Gasteiger partial charge in [-0.3, -0.25) is 0 Å². The van der Waals surface area contributed by atoms with Crippen molar-refractivity contribution in [3.8, 4) is 0 Å². The summed E-state index contributed by atoms with van der Waals surface area (Å²) in [6.07, 6.45) is 0. The van der Waals surface area contributed by atoms with E-state index in [1.54, 1.807) is 0 Å². The van der Waals surface area contributed by atoms with Crippen molar-refractivity contribution in [2.24, 2.45) is 11.7 Å².